The predicted molar refractivity (Wildman–Crippen MR) is 141 cm³/mol. The number of rotatable bonds is 10. The molecule has 3 rings (SSSR count). The first kappa shape index (κ1) is 28.0. The van der Waals surface area contributed by atoms with Crippen molar-refractivity contribution in [1.82, 2.24) is 21.7 Å². The van der Waals surface area contributed by atoms with Crippen LogP contribution in [0.15, 0.2) is 73.8 Å². The largest absolute Gasteiger partial charge is 0.489 e. The van der Waals surface area contributed by atoms with Crippen LogP contribution < -0.4 is 31.2 Å². The summed E-state index contributed by atoms with van der Waals surface area (Å²) in [5.41, 5.74) is 10.4. The standard InChI is InChI=1S/C28H32N4O6/c1-3-17-37-23-11-7-5-9-21(23)27(35)31-29-25(33)19-13-15-20(16-14-19)26(34)30-32-28(36)22-10-6-8-12-24(22)38-18-4-2/h3-12,19-20H,1-2,13-18H2,(H,29,33)(H,30,34)(H,31,35)(H,32,36). The van der Waals surface area contributed by atoms with Crippen molar-refractivity contribution < 1.29 is 28.7 Å². The summed E-state index contributed by atoms with van der Waals surface area (Å²) in [5.74, 6) is -1.60. The molecule has 2 aromatic carbocycles. The molecule has 1 saturated carbocycles. The van der Waals surface area contributed by atoms with Crippen molar-refractivity contribution in [3.05, 3.63) is 85.0 Å². The molecular weight excluding hydrogens is 488 g/mol. The SMILES string of the molecule is C=CCOc1ccccc1C(=O)NNC(=O)C1CCC(C(=O)NNC(=O)c2ccccc2OCC=C)CC1. The van der Waals surface area contributed by atoms with Crippen LogP contribution in [0.5, 0.6) is 11.5 Å². The monoisotopic (exact) mass is 520 g/mol. The normalized spacial score (nSPS) is 16.3. The Balaban J connectivity index is 1.43. The van der Waals surface area contributed by atoms with E-state index >= 15 is 0 Å². The maximum atomic E-state index is 12.6. The lowest BCUT2D eigenvalue weighted by Gasteiger charge is -2.27. The van der Waals surface area contributed by atoms with Gasteiger partial charge in [0.25, 0.3) is 11.8 Å². The quantitative estimate of drug-likeness (QED) is 0.281. The highest BCUT2D eigenvalue weighted by Crippen LogP contribution is 2.29. The van der Waals surface area contributed by atoms with Crippen molar-refractivity contribution in [2.45, 2.75) is 25.7 Å². The van der Waals surface area contributed by atoms with Gasteiger partial charge in [-0.2, -0.15) is 0 Å². The molecule has 0 radical (unpaired) electrons. The van der Waals surface area contributed by atoms with Crippen LogP contribution in [0.4, 0.5) is 0 Å². The Morgan fingerprint density at radius 1 is 0.658 bits per heavy atom. The highest BCUT2D eigenvalue weighted by molar-refractivity contribution is 5.98. The molecule has 1 aliphatic rings. The van der Waals surface area contributed by atoms with Gasteiger partial charge >= 0.3 is 0 Å². The van der Waals surface area contributed by atoms with Crippen LogP contribution in [0.25, 0.3) is 0 Å². The summed E-state index contributed by atoms with van der Waals surface area (Å²) in [6.07, 6.45) is 4.99. The van der Waals surface area contributed by atoms with Gasteiger partial charge in [-0.25, -0.2) is 0 Å². The fraction of sp³-hybridized carbons (Fsp3) is 0.286. The zero-order valence-electron chi connectivity index (χ0n) is 21.0. The van der Waals surface area contributed by atoms with Crippen LogP contribution in [0.1, 0.15) is 46.4 Å². The molecule has 0 heterocycles. The zero-order valence-corrected chi connectivity index (χ0v) is 21.0. The molecule has 0 aromatic heterocycles. The zero-order chi connectivity index (χ0) is 27.3. The number of benzene rings is 2. The van der Waals surface area contributed by atoms with Gasteiger partial charge in [0.05, 0.1) is 11.1 Å². The van der Waals surface area contributed by atoms with Crippen molar-refractivity contribution in [3.63, 3.8) is 0 Å². The first-order valence-electron chi connectivity index (χ1n) is 12.3. The van der Waals surface area contributed by atoms with E-state index in [1.54, 1.807) is 60.7 Å². The molecule has 0 aliphatic heterocycles. The predicted octanol–water partition coefficient (Wildman–Crippen LogP) is 2.84. The van der Waals surface area contributed by atoms with Gasteiger partial charge in [-0.05, 0) is 49.9 Å². The van der Waals surface area contributed by atoms with E-state index in [4.69, 9.17) is 9.47 Å². The molecule has 0 unspecified atom stereocenters. The Labute approximate surface area is 221 Å². The minimum Gasteiger partial charge on any atom is -0.489 e. The summed E-state index contributed by atoms with van der Waals surface area (Å²) in [4.78, 5) is 50.3. The first-order valence-corrected chi connectivity index (χ1v) is 12.3. The van der Waals surface area contributed by atoms with Crippen LogP contribution in [0, 0.1) is 11.8 Å². The maximum Gasteiger partial charge on any atom is 0.273 e. The van der Waals surface area contributed by atoms with Crippen LogP contribution in [0.3, 0.4) is 0 Å². The molecule has 200 valence electrons. The molecule has 4 N–H and O–H groups in total. The molecule has 1 fully saturated rings. The number of nitrogens with one attached hydrogen (secondary N) is 4. The van der Waals surface area contributed by atoms with Gasteiger partial charge in [-0.1, -0.05) is 49.6 Å². The van der Waals surface area contributed by atoms with Crippen molar-refractivity contribution >= 4 is 23.6 Å². The molecule has 0 atom stereocenters. The minimum atomic E-state index is -0.502. The van der Waals surface area contributed by atoms with E-state index in [2.05, 4.69) is 34.9 Å². The lowest BCUT2D eigenvalue weighted by atomic mass is 9.81. The fourth-order valence-corrected chi connectivity index (χ4v) is 4.05. The molecule has 0 spiro atoms. The van der Waals surface area contributed by atoms with Crippen molar-refractivity contribution in [1.29, 1.82) is 0 Å². The molecule has 4 amide bonds. The molecular formula is C28H32N4O6. The average molecular weight is 521 g/mol. The number of hydrazine groups is 2. The Hall–Kier alpha value is -4.60. The molecule has 0 bridgehead atoms. The first-order chi connectivity index (χ1) is 18.4. The van der Waals surface area contributed by atoms with Crippen molar-refractivity contribution in [3.8, 4) is 11.5 Å². The molecule has 38 heavy (non-hydrogen) atoms. The van der Waals surface area contributed by atoms with Gasteiger partial charge < -0.3 is 9.47 Å². The highest BCUT2D eigenvalue weighted by Gasteiger charge is 2.30. The van der Waals surface area contributed by atoms with Crippen LogP contribution in [-0.2, 0) is 9.59 Å². The minimum absolute atomic E-state index is 0.245. The van der Waals surface area contributed by atoms with E-state index in [0.717, 1.165) is 0 Å². The summed E-state index contributed by atoms with van der Waals surface area (Å²) in [7, 11) is 0. The van der Waals surface area contributed by atoms with Crippen LogP contribution >= 0.6 is 0 Å². The number of para-hydroxylation sites is 2. The topological polar surface area (TPSA) is 135 Å². The molecule has 0 saturated heterocycles. The smallest absolute Gasteiger partial charge is 0.273 e. The second kappa shape index (κ2) is 14.2. The average Bonchev–Trinajstić information content (AvgIpc) is 2.96. The molecule has 2 aromatic rings. The number of ether oxygens (including phenoxy) is 2. The van der Waals surface area contributed by atoms with Crippen LogP contribution in [-0.4, -0.2) is 36.8 Å². The van der Waals surface area contributed by atoms with Crippen molar-refractivity contribution in [2.24, 2.45) is 11.8 Å². The summed E-state index contributed by atoms with van der Waals surface area (Å²) in [5, 5.41) is 0. The van der Waals surface area contributed by atoms with Gasteiger partial charge in [-0.3, -0.25) is 40.9 Å². The second-order valence-electron chi connectivity index (χ2n) is 8.63. The molecule has 1 aliphatic carbocycles. The Morgan fingerprint density at radius 3 is 1.39 bits per heavy atom. The number of carbonyl (C=O) groups is 4. The summed E-state index contributed by atoms with van der Waals surface area (Å²) >= 11 is 0. The molecule has 10 heteroatoms. The van der Waals surface area contributed by atoms with Crippen molar-refractivity contribution in [2.75, 3.05) is 13.2 Å². The highest BCUT2D eigenvalue weighted by atomic mass is 16.5. The van der Waals surface area contributed by atoms with Gasteiger partial charge in [0.1, 0.15) is 24.7 Å². The second-order valence-corrected chi connectivity index (χ2v) is 8.63. The number of carbonyl (C=O) groups excluding carboxylic acids is 4. The fourth-order valence-electron chi connectivity index (χ4n) is 4.05. The summed E-state index contributed by atoms with van der Waals surface area (Å²) in [6, 6.07) is 13.4. The Bertz CT molecular complexity index is 1080. The van der Waals surface area contributed by atoms with Gasteiger partial charge in [-0.15, -0.1) is 0 Å². The van der Waals surface area contributed by atoms with Gasteiger partial charge in [0.15, 0.2) is 0 Å². The maximum absolute atomic E-state index is 12.6. The lowest BCUT2D eigenvalue weighted by molar-refractivity contribution is -0.131. The third-order valence-electron chi connectivity index (χ3n) is 6.04. The van der Waals surface area contributed by atoms with E-state index in [1.165, 1.54) is 0 Å². The van der Waals surface area contributed by atoms with Crippen LogP contribution in [0.2, 0.25) is 0 Å². The number of hydrogen-bond acceptors (Lipinski definition) is 6. The number of hydrogen-bond donors (Lipinski definition) is 4. The summed E-state index contributed by atoms with van der Waals surface area (Å²) in [6.45, 7) is 7.66. The number of amides is 4. The molecule has 10 nitrogen and oxygen atoms in total. The Kier molecular flexibility index (Phi) is 10.5. The summed E-state index contributed by atoms with van der Waals surface area (Å²) < 4.78 is 11.0. The van der Waals surface area contributed by atoms with E-state index in [1.807, 2.05) is 0 Å². The third kappa shape index (κ3) is 7.70. The lowest BCUT2D eigenvalue weighted by Crippen LogP contribution is -2.47. The van der Waals surface area contributed by atoms with E-state index in [-0.39, 0.29) is 48.0 Å². The Morgan fingerprint density at radius 2 is 1.03 bits per heavy atom. The van der Waals surface area contributed by atoms with E-state index < -0.39 is 11.8 Å². The van der Waals surface area contributed by atoms with Gasteiger partial charge in [0.2, 0.25) is 11.8 Å². The van der Waals surface area contributed by atoms with E-state index in [0.29, 0.717) is 37.2 Å². The third-order valence-corrected chi connectivity index (χ3v) is 6.04. The van der Waals surface area contributed by atoms with E-state index in [9.17, 15) is 19.2 Å². The van der Waals surface area contributed by atoms with Gasteiger partial charge in [0, 0.05) is 11.8 Å².